The van der Waals surface area contributed by atoms with Gasteiger partial charge in [0.2, 0.25) is 5.16 Å². The van der Waals surface area contributed by atoms with Crippen molar-refractivity contribution in [3.05, 3.63) is 36.2 Å². The van der Waals surface area contributed by atoms with Gasteiger partial charge in [0.05, 0.1) is 11.6 Å². The van der Waals surface area contributed by atoms with Crippen LogP contribution in [0.5, 0.6) is 0 Å². The maximum atomic E-state index is 4.43. The van der Waals surface area contributed by atoms with E-state index in [4.69, 9.17) is 0 Å². The third kappa shape index (κ3) is 1.95. The van der Waals surface area contributed by atoms with Crippen LogP contribution < -0.4 is 0 Å². The molecule has 1 atom stereocenters. The van der Waals surface area contributed by atoms with Gasteiger partial charge >= 0.3 is 0 Å². The number of para-hydroxylation sites is 1. The zero-order valence-corrected chi connectivity index (χ0v) is 12.0. The molecule has 0 aliphatic carbocycles. The van der Waals surface area contributed by atoms with Gasteiger partial charge in [-0.3, -0.25) is 4.99 Å². The molecule has 1 aromatic carbocycles. The van der Waals surface area contributed by atoms with Crippen LogP contribution in [0.25, 0.3) is 5.78 Å². The zero-order valence-electron chi connectivity index (χ0n) is 11.2. The number of thioether (sulfide) groups is 1. The van der Waals surface area contributed by atoms with E-state index in [1.54, 1.807) is 15.5 Å². The van der Waals surface area contributed by atoms with E-state index in [0.717, 1.165) is 16.4 Å². The standard InChI is InChI=1S/C13H11N7S/c1-21-13-18-17-12-19(8-16-20(12)13)15-7-9-6-14-11-5-3-2-4-10(9)11/h2-9H,1H3/b15-7-/t9-/m0/s1. The molecule has 0 unspecified atom stereocenters. The minimum atomic E-state index is 0.0755. The quantitative estimate of drug-likeness (QED) is 0.547. The number of aromatic nitrogens is 5. The topological polar surface area (TPSA) is 72.7 Å². The maximum Gasteiger partial charge on any atom is 0.275 e. The van der Waals surface area contributed by atoms with Crippen LogP contribution in [0.4, 0.5) is 5.69 Å². The molecule has 3 heterocycles. The summed E-state index contributed by atoms with van der Waals surface area (Å²) in [5, 5.41) is 17.5. The molecule has 0 N–H and O–H groups in total. The normalized spacial score (nSPS) is 17.1. The molecule has 0 bridgehead atoms. The maximum absolute atomic E-state index is 4.43. The fourth-order valence-electron chi connectivity index (χ4n) is 2.25. The number of rotatable bonds is 3. The number of nitrogens with zero attached hydrogens (tertiary/aromatic N) is 7. The van der Waals surface area contributed by atoms with Crippen LogP contribution in [0.2, 0.25) is 0 Å². The summed E-state index contributed by atoms with van der Waals surface area (Å²) in [5.41, 5.74) is 2.15. The van der Waals surface area contributed by atoms with Gasteiger partial charge < -0.3 is 0 Å². The Balaban J connectivity index is 1.66. The fraction of sp³-hybridized carbons (Fsp3) is 0.154. The Bertz CT molecular complexity index is 860. The minimum Gasteiger partial charge on any atom is -0.260 e. The molecule has 0 amide bonds. The second kappa shape index (κ2) is 4.81. The highest BCUT2D eigenvalue weighted by Gasteiger charge is 2.16. The Morgan fingerprint density at radius 3 is 3.10 bits per heavy atom. The van der Waals surface area contributed by atoms with E-state index in [1.165, 1.54) is 11.8 Å². The molecule has 8 heteroatoms. The van der Waals surface area contributed by atoms with Crippen molar-refractivity contribution in [2.75, 3.05) is 6.26 Å². The van der Waals surface area contributed by atoms with Crippen molar-refractivity contribution in [2.45, 2.75) is 11.1 Å². The molecule has 0 saturated heterocycles. The zero-order chi connectivity index (χ0) is 14.2. The van der Waals surface area contributed by atoms with E-state index >= 15 is 0 Å². The molecular weight excluding hydrogens is 286 g/mol. The van der Waals surface area contributed by atoms with Crippen molar-refractivity contribution in [1.29, 1.82) is 0 Å². The molecule has 0 radical (unpaired) electrons. The highest BCUT2D eigenvalue weighted by atomic mass is 32.2. The van der Waals surface area contributed by atoms with Gasteiger partial charge in [-0.05, 0) is 17.9 Å². The van der Waals surface area contributed by atoms with E-state index < -0.39 is 0 Å². The Morgan fingerprint density at radius 1 is 1.29 bits per heavy atom. The van der Waals surface area contributed by atoms with Crippen molar-refractivity contribution in [1.82, 2.24) is 24.5 Å². The summed E-state index contributed by atoms with van der Waals surface area (Å²) in [6.07, 6.45) is 7.28. The van der Waals surface area contributed by atoms with Gasteiger partial charge in [0, 0.05) is 12.4 Å². The van der Waals surface area contributed by atoms with Crippen LogP contribution in [0.1, 0.15) is 11.5 Å². The van der Waals surface area contributed by atoms with Crippen LogP contribution in [-0.4, -0.2) is 43.2 Å². The predicted molar refractivity (Wildman–Crippen MR) is 81.8 cm³/mol. The van der Waals surface area contributed by atoms with Crippen LogP contribution >= 0.6 is 11.8 Å². The summed E-state index contributed by atoms with van der Waals surface area (Å²) in [5.74, 6) is 0.672. The highest BCUT2D eigenvalue weighted by molar-refractivity contribution is 7.98. The Labute approximate surface area is 124 Å². The molecule has 0 fully saturated rings. The number of hydrogen-bond donors (Lipinski definition) is 0. The number of fused-ring (bicyclic) bond motifs is 2. The summed E-state index contributed by atoms with van der Waals surface area (Å²) in [4.78, 5) is 4.38. The molecule has 0 spiro atoms. The lowest BCUT2D eigenvalue weighted by atomic mass is 10.0. The van der Waals surface area contributed by atoms with E-state index in [-0.39, 0.29) is 5.92 Å². The van der Waals surface area contributed by atoms with E-state index in [9.17, 15) is 0 Å². The van der Waals surface area contributed by atoms with E-state index in [2.05, 4.69) is 31.5 Å². The van der Waals surface area contributed by atoms with Crippen LogP contribution in [0, 0.1) is 0 Å². The van der Waals surface area contributed by atoms with Gasteiger partial charge in [0.15, 0.2) is 0 Å². The smallest absolute Gasteiger partial charge is 0.260 e. The third-order valence-corrected chi connectivity index (χ3v) is 3.90. The van der Waals surface area contributed by atoms with Crippen LogP contribution in [0.3, 0.4) is 0 Å². The fourth-order valence-corrected chi connectivity index (χ4v) is 2.68. The monoisotopic (exact) mass is 297 g/mol. The molecule has 104 valence electrons. The molecule has 0 saturated carbocycles. The number of benzene rings is 1. The van der Waals surface area contributed by atoms with Gasteiger partial charge in [-0.2, -0.15) is 19.4 Å². The first-order chi connectivity index (χ1) is 10.4. The third-order valence-electron chi connectivity index (χ3n) is 3.28. The second-order valence-corrected chi connectivity index (χ2v) is 5.27. The molecule has 4 rings (SSSR count). The van der Waals surface area contributed by atoms with Gasteiger partial charge in [-0.25, -0.2) is 0 Å². The molecular formula is C13H11N7S. The summed E-state index contributed by atoms with van der Waals surface area (Å²) < 4.78 is 3.28. The van der Waals surface area contributed by atoms with Crippen molar-refractivity contribution >= 4 is 35.7 Å². The first-order valence-electron chi connectivity index (χ1n) is 6.37. The number of aliphatic imine (C=N–C) groups is 1. The lowest BCUT2D eigenvalue weighted by Crippen LogP contribution is -1.99. The van der Waals surface area contributed by atoms with Crippen molar-refractivity contribution in [3.63, 3.8) is 0 Å². The lowest BCUT2D eigenvalue weighted by Gasteiger charge is -2.01. The SMILES string of the molecule is CSc1nnc2n(/N=C\[C@@H]3C=Nc4ccccc43)cnn12. The summed E-state index contributed by atoms with van der Waals surface area (Å²) in [6.45, 7) is 0. The first-order valence-corrected chi connectivity index (χ1v) is 7.59. The first kappa shape index (κ1) is 12.3. The average molecular weight is 297 g/mol. The van der Waals surface area contributed by atoms with Gasteiger partial charge in [-0.1, -0.05) is 30.0 Å². The average Bonchev–Trinajstić information content (AvgIpc) is 3.20. The lowest BCUT2D eigenvalue weighted by molar-refractivity contribution is 0.817. The second-order valence-electron chi connectivity index (χ2n) is 4.50. The summed E-state index contributed by atoms with van der Waals surface area (Å²) >= 11 is 1.49. The van der Waals surface area contributed by atoms with Crippen molar-refractivity contribution in [3.8, 4) is 0 Å². The minimum absolute atomic E-state index is 0.0755. The van der Waals surface area contributed by atoms with E-state index in [0.29, 0.717) is 5.78 Å². The van der Waals surface area contributed by atoms with Gasteiger partial charge in [0.1, 0.15) is 6.33 Å². The van der Waals surface area contributed by atoms with Crippen LogP contribution in [0.15, 0.2) is 45.8 Å². The van der Waals surface area contributed by atoms with Crippen molar-refractivity contribution < 1.29 is 0 Å². The van der Waals surface area contributed by atoms with E-state index in [1.807, 2.05) is 36.9 Å². The summed E-state index contributed by atoms with van der Waals surface area (Å²) in [7, 11) is 0. The summed E-state index contributed by atoms with van der Waals surface area (Å²) in [6, 6.07) is 8.05. The largest absolute Gasteiger partial charge is 0.275 e. The molecule has 2 aromatic heterocycles. The molecule has 7 nitrogen and oxygen atoms in total. The molecule has 21 heavy (non-hydrogen) atoms. The Hall–Kier alpha value is -2.48. The molecule has 1 aliphatic rings. The number of hydrogen-bond acceptors (Lipinski definition) is 6. The Morgan fingerprint density at radius 2 is 2.19 bits per heavy atom. The van der Waals surface area contributed by atoms with Gasteiger partial charge in [0.25, 0.3) is 5.78 Å². The van der Waals surface area contributed by atoms with Gasteiger partial charge in [-0.15, -0.1) is 10.2 Å². The van der Waals surface area contributed by atoms with Crippen molar-refractivity contribution in [2.24, 2.45) is 10.1 Å². The highest BCUT2D eigenvalue weighted by Crippen LogP contribution is 2.30. The predicted octanol–water partition coefficient (Wildman–Crippen LogP) is 1.98. The van der Waals surface area contributed by atoms with Crippen LogP contribution in [-0.2, 0) is 0 Å². The Kier molecular flexibility index (Phi) is 2.81. The molecule has 1 aliphatic heterocycles. The molecule has 3 aromatic rings.